The second-order valence-electron chi connectivity index (χ2n) is 6.15. The lowest BCUT2D eigenvalue weighted by molar-refractivity contribution is -0.147. The van der Waals surface area contributed by atoms with Crippen molar-refractivity contribution in [2.45, 2.75) is 88.4 Å². The smallest absolute Gasteiger partial charge is 0.337 e. The van der Waals surface area contributed by atoms with Crippen LogP contribution in [0.15, 0.2) is 0 Å². The molecule has 0 saturated carbocycles. The number of ether oxygens (including phenoxy) is 1. The van der Waals surface area contributed by atoms with Crippen molar-refractivity contribution in [3.63, 3.8) is 0 Å². The molecule has 1 aliphatic rings. The average Bonchev–Trinajstić information content (AvgIpc) is 2.92. The number of carbonyl (C=O) groups excluding carboxylic acids is 1. The lowest BCUT2D eigenvalue weighted by Crippen LogP contribution is -2.42. The van der Waals surface area contributed by atoms with Crippen molar-refractivity contribution in [3.8, 4) is 0 Å². The van der Waals surface area contributed by atoms with Crippen molar-refractivity contribution >= 4 is 21.9 Å². The Morgan fingerprint density at radius 3 is 2.14 bits per heavy atom. The first kappa shape index (κ1) is 19.0. The van der Waals surface area contributed by atoms with E-state index in [1.165, 1.54) is 57.8 Å². The number of rotatable bonds is 12. The normalized spacial score (nSPS) is 21.6. The van der Waals surface area contributed by atoms with Crippen LogP contribution in [-0.4, -0.2) is 23.6 Å². The Bertz CT molecular complexity index is 278. The number of alkyl halides is 1. The van der Waals surface area contributed by atoms with Gasteiger partial charge in [-0.05, 0) is 25.8 Å². The third kappa shape index (κ3) is 8.20. The Morgan fingerprint density at radius 2 is 1.62 bits per heavy atom. The molecule has 1 rings (SSSR count). The fourth-order valence-corrected chi connectivity index (χ4v) is 3.34. The minimum atomic E-state index is -0.606. The van der Waals surface area contributed by atoms with E-state index in [9.17, 15) is 4.79 Å². The van der Waals surface area contributed by atoms with Crippen LogP contribution < -0.4 is 5.32 Å². The molecule has 4 heteroatoms. The second-order valence-corrected chi connectivity index (χ2v) is 7.50. The Labute approximate surface area is 138 Å². The predicted molar refractivity (Wildman–Crippen MR) is 91.7 cm³/mol. The molecule has 1 fully saturated rings. The van der Waals surface area contributed by atoms with E-state index in [2.05, 4.69) is 28.2 Å². The zero-order valence-corrected chi connectivity index (χ0v) is 15.2. The highest BCUT2D eigenvalue weighted by Crippen LogP contribution is 2.27. The highest BCUT2D eigenvalue weighted by Gasteiger charge is 2.39. The largest absolute Gasteiger partial charge is 0.464 e. The predicted octanol–water partition coefficient (Wildman–Crippen LogP) is 4.93. The summed E-state index contributed by atoms with van der Waals surface area (Å²) in [6, 6.07) is 0. The third-order valence-corrected chi connectivity index (χ3v) is 5.16. The van der Waals surface area contributed by atoms with E-state index in [-0.39, 0.29) is 5.97 Å². The first-order valence-corrected chi connectivity index (χ1v) is 9.59. The Hall–Kier alpha value is -0.0900. The van der Waals surface area contributed by atoms with Crippen LogP contribution in [0, 0.1) is 0 Å². The summed E-state index contributed by atoms with van der Waals surface area (Å²) in [6.07, 6.45) is 14.8. The molecule has 1 atom stereocenters. The van der Waals surface area contributed by atoms with E-state index in [4.69, 9.17) is 4.74 Å². The molecule has 0 aromatic carbocycles. The molecule has 1 aliphatic heterocycles. The highest BCUT2D eigenvalue weighted by atomic mass is 79.9. The van der Waals surface area contributed by atoms with Crippen LogP contribution in [-0.2, 0) is 9.53 Å². The van der Waals surface area contributed by atoms with E-state index in [0.29, 0.717) is 6.61 Å². The van der Waals surface area contributed by atoms with Crippen molar-refractivity contribution in [2.75, 3.05) is 13.2 Å². The molecule has 1 heterocycles. The van der Waals surface area contributed by atoms with Crippen LogP contribution in [0.3, 0.4) is 0 Å². The van der Waals surface area contributed by atoms with Crippen LogP contribution in [0.5, 0.6) is 0 Å². The van der Waals surface area contributed by atoms with Gasteiger partial charge in [0, 0.05) is 0 Å². The molecule has 0 amide bonds. The van der Waals surface area contributed by atoms with Gasteiger partial charge in [0.05, 0.1) is 6.61 Å². The summed E-state index contributed by atoms with van der Waals surface area (Å²) in [5.74, 6) is -0.143. The number of carbonyl (C=O) groups is 1. The molecule has 124 valence electrons. The van der Waals surface area contributed by atoms with Gasteiger partial charge in [-0.3, -0.25) is 5.32 Å². The number of hydrogen-bond donors (Lipinski definition) is 1. The summed E-state index contributed by atoms with van der Waals surface area (Å²) in [5.41, 5.74) is 0. The van der Waals surface area contributed by atoms with Gasteiger partial charge >= 0.3 is 5.97 Å². The van der Waals surface area contributed by atoms with Gasteiger partial charge in [-0.25, -0.2) is 4.79 Å². The molecule has 0 aliphatic carbocycles. The van der Waals surface area contributed by atoms with Crippen LogP contribution in [0.2, 0.25) is 0 Å². The fourth-order valence-electron chi connectivity index (χ4n) is 2.75. The molecule has 1 saturated heterocycles. The molecule has 1 N–H and O–H groups in total. The standard InChI is InChI=1S/C17H32BrNO2/c1-2-3-4-5-6-7-8-9-10-11-15-21-16(20)17(18)13-12-14-19-17/h19H,2-15H2,1H3/t17-/m0/s1. The van der Waals surface area contributed by atoms with Crippen molar-refractivity contribution in [3.05, 3.63) is 0 Å². The minimum Gasteiger partial charge on any atom is -0.464 e. The summed E-state index contributed by atoms with van der Waals surface area (Å²) < 4.78 is 4.75. The monoisotopic (exact) mass is 361 g/mol. The molecule has 0 radical (unpaired) electrons. The number of unbranched alkanes of at least 4 members (excludes halogenated alkanes) is 9. The summed E-state index contributed by atoms with van der Waals surface area (Å²) in [6.45, 7) is 3.70. The number of esters is 1. The molecule has 0 unspecified atom stereocenters. The van der Waals surface area contributed by atoms with E-state index < -0.39 is 4.45 Å². The number of halogens is 1. The van der Waals surface area contributed by atoms with Gasteiger partial charge in [-0.2, -0.15) is 0 Å². The lowest BCUT2D eigenvalue weighted by Gasteiger charge is -2.19. The maximum Gasteiger partial charge on any atom is 0.337 e. The molecular formula is C17H32BrNO2. The molecule has 0 bridgehead atoms. The van der Waals surface area contributed by atoms with Gasteiger partial charge in [-0.1, -0.05) is 80.6 Å². The van der Waals surface area contributed by atoms with Gasteiger partial charge in [0.2, 0.25) is 0 Å². The fraction of sp³-hybridized carbons (Fsp3) is 0.941. The SMILES string of the molecule is CCCCCCCCCCCCOC(=O)[C@]1(Br)CCCN1. The summed E-state index contributed by atoms with van der Waals surface area (Å²) in [5, 5.41) is 3.16. The molecule has 0 spiro atoms. The van der Waals surface area contributed by atoms with Crippen molar-refractivity contribution in [2.24, 2.45) is 0 Å². The second kappa shape index (κ2) is 11.5. The van der Waals surface area contributed by atoms with Crippen LogP contribution >= 0.6 is 15.9 Å². The van der Waals surface area contributed by atoms with E-state index in [0.717, 1.165) is 25.8 Å². The molecule has 21 heavy (non-hydrogen) atoms. The van der Waals surface area contributed by atoms with Crippen LogP contribution in [0.25, 0.3) is 0 Å². The summed E-state index contributed by atoms with van der Waals surface area (Å²) in [4.78, 5) is 11.9. The Kier molecular flexibility index (Phi) is 10.4. The van der Waals surface area contributed by atoms with Gasteiger partial charge < -0.3 is 4.74 Å². The van der Waals surface area contributed by atoms with Crippen LogP contribution in [0.1, 0.15) is 84.0 Å². The molecule has 3 nitrogen and oxygen atoms in total. The highest BCUT2D eigenvalue weighted by molar-refractivity contribution is 9.10. The van der Waals surface area contributed by atoms with E-state index in [1.54, 1.807) is 0 Å². The maximum atomic E-state index is 11.9. The Morgan fingerprint density at radius 1 is 1.05 bits per heavy atom. The maximum absolute atomic E-state index is 11.9. The molecule has 0 aromatic rings. The number of nitrogens with one attached hydrogen (secondary N) is 1. The zero-order valence-electron chi connectivity index (χ0n) is 13.6. The number of hydrogen-bond acceptors (Lipinski definition) is 3. The summed E-state index contributed by atoms with van der Waals surface area (Å²) in [7, 11) is 0. The lowest BCUT2D eigenvalue weighted by atomic mass is 10.1. The molecule has 0 aromatic heterocycles. The summed E-state index contributed by atoms with van der Waals surface area (Å²) >= 11 is 3.45. The van der Waals surface area contributed by atoms with Crippen molar-refractivity contribution < 1.29 is 9.53 Å². The van der Waals surface area contributed by atoms with E-state index in [1.807, 2.05) is 0 Å². The third-order valence-electron chi connectivity index (χ3n) is 4.16. The zero-order chi connectivity index (χ0) is 15.4. The first-order valence-electron chi connectivity index (χ1n) is 8.80. The van der Waals surface area contributed by atoms with Gasteiger partial charge in [0.25, 0.3) is 0 Å². The Balaban J connectivity index is 1.85. The first-order chi connectivity index (χ1) is 10.2. The topological polar surface area (TPSA) is 38.3 Å². The molecular weight excluding hydrogens is 330 g/mol. The van der Waals surface area contributed by atoms with Gasteiger partial charge in [0.15, 0.2) is 4.45 Å². The van der Waals surface area contributed by atoms with Crippen LogP contribution in [0.4, 0.5) is 0 Å². The van der Waals surface area contributed by atoms with Gasteiger partial charge in [-0.15, -0.1) is 0 Å². The van der Waals surface area contributed by atoms with Crippen molar-refractivity contribution in [1.29, 1.82) is 0 Å². The average molecular weight is 362 g/mol. The van der Waals surface area contributed by atoms with E-state index >= 15 is 0 Å². The minimum absolute atomic E-state index is 0.143. The quantitative estimate of drug-likeness (QED) is 0.232. The van der Waals surface area contributed by atoms with Crippen molar-refractivity contribution in [1.82, 2.24) is 5.32 Å². The van der Waals surface area contributed by atoms with Gasteiger partial charge in [0.1, 0.15) is 0 Å².